The molecular formula is C20H18N2O2S. The van der Waals surface area contributed by atoms with Gasteiger partial charge in [-0.3, -0.25) is 4.90 Å². The van der Waals surface area contributed by atoms with Crippen LogP contribution in [0.5, 0.6) is 0 Å². The Kier molecular flexibility index (Phi) is 4.29. The van der Waals surface area contributed by atoms with Crippen molar-refractivity contribution >= 4 is 23.0 Å². The Morgan fingerprint density at radius 1 is 1.24 bits per heavy atom. The van der Waals surface area contributed by atoms with E-state index in [0.717, 1.165) is 34.6 Å². The summed E-state index contributed by atoms with van der Waals surface area (Å²) >= 11 is 1.52. The van der Waals surface area contributed by atoms with E-state index in [1.54, 1.807) is 0 Å². The van der Waals surface area contributed by atoms with Crippen molar-refractivity contribution in [3.05, 3.63) is 63.9 Å². The van der Waals surface area contributed by atoms with Gasteiger partial charge in [-0.1, -0.05) is 36.4 Å². The van der Waals surface area contributed by atoms with Gasteiger partial charge in [-0.15, -0.1) is 11.3 Å². The van der Waals surface area contributed by atoms with E-state index < -0.39 is 0 Å². The van der Waals surface area contributed by atoms with Gasteiger partial charge in [0.2, 0.25) is 0 Å². The molecular weight excluding hydrogens is 332 g/mol. The zero-order valence-corrected chi connectivity index (χ0v) is 14.5. The van der Waals surface area contributed by atoms with Crippen LogP contribution in [0.15, 0.2) is 48.5 Å². The van der Waals surface area contributed by atoms with Crippen molar-refractivity contribution in [3.8, 4) is 6.07 Å². The van der Waals surface area contributed by atoms with Gasteiger partial charge in [0, 0.05) is 10.9 Å². The molecule has 5 heteroatoms. The molecule has 0 radical (unpaired) electrons. The second-order valence-electron chi connectivity index (χ2n) is 6.42. The van der Waals surface area contributed by atoms with Gasteiger partial charge in [-0.25, -0.2) is 4.79 Å². The van der Waals surface area contributed by atoms with E-state index in [2.05, 4.69) is 12.1 Å². The normalized spacial score (nSPS) is 21.6. The Bertz CT molecular complexity index is 850. The number of hydrogen-bond acceptors (Lipinski definition) is 4. The van der Waals surface area contributed by atoms with Crippen molar-refractivity contribution in [2.75, 3.05) is 0 Å². The summed E-state index contributed by atoms with van der Waals surface area (Å²) in [5.41, 5.74) is 2.25. The van der Waals surface area contributed by atoms with Crippen molar-refractivity contribution in [1.82, 2.24) is 4.90 Å². The first-order valence-corrected chi connectivity index (χ1v) is 9.26. The molecule has 2 aliphatic heterocycles. The number of nitriles is 1. The molecule has 2 bridgehead atoms. The van der Waals surface area contributed by atoms with E-state index in [0.29, 0.717) is 6.61 Å². The number of fused-ring (bicyclic) bond motifs is 2. The van der Waals surface area contributed by atoms with Gasteiger partial charge >= 0.3 is 6.09 Å². The molecule has 1 fully saturated rings. The lowest BCUT2D eigenvalue weighted by atomic mass is 10.0. The Balaban J connectivity index is 1.46. The second kappa shape index (κ2) is 6.73. The average molecular weight is 350 g/mol. The fourth-order valence-corrected chi connectivity index (χ4v) is 4.50. The summed E-state index contributed by atoms with van der Waals surface area (Å²) < 4.78 is 5.53. The zero-order chi connectivity index (χ0) is 17.2. The van der Waals surface area contributed by atoms with Gasteiger partial charge in [-0.05, 0) is 42.5 Å². The lowest BCUT2D eigenvalue weighted by Crippen LogP contribution is -2.43. The Labute approximate surface area is 151 Å². The van der Waals surface area contributed by atoms with E-state index in [1.165, 1.54) is 16.9 Å². The molecule has 4 rings (SSSR count). The number of rotatable bonds is 3. The van der Waals surface area contributed by atoms with Crippen LogP contribution in [0.4, 0.5) is 4.79 Å². The summed E-state index contributed by atoms with van der Waals surface area (Å²) in [4.78, 5) is 16.3. The summed E-state index contributed by atoms with van der Waals surface area (Å²) in [6.07, 6.45) is 4.77. The number of ether oxygens (including phenoxy) is 1. The maximum atomic E-state index is 12.6. The monoisotopic (exact) mass is 350 g/mol. The summed E-state index contributed by atoms with van der Waals surface area (Å²) in [6.45, 7) is 0.308. The SMILES string of the molecule is N#Cc1ccc(C2=CC3CCC(C2)N3C(=O)OCc2ccccc2)s1. The molecule has 126 valence electrons. The van der Waals surface area contributed by atoms with Crippen LogP contribution in [0.1, 0.15) is 34.6 Å². The van der Waals surface area contributed by atoms with Crippen LogP contribution < -0.4 is 0 Å². The first-order valence-electron chi connectivity index (χ1n) is 8.44. The molecule has 2 aromatic rings. The Morgan fingerprint density at radius 3 is 2.80 bits per heavy atom. The third-order valence-corrected chi connectivity index (χ3v) is 5.91. The summed E-state index contributed by atoms with van der Waals surface area (Å²) in [5.74, 6) is 0. The molecule has 2 unspecified atom stereocenters. The number of carbonyl (C=O) groups is 1. The van der Waals surface area contributed by atoms with Crippen molar-refractivity contribution in [2.45, 2.75) is 38.0 Å². The van der Waals surface area contributed by atoms with Crippen molar-refractivity contribution < 1.29 is 9.53 Å². The van der Waals surface area contributed by atoms with Gasteiger partial charge in [0.05, 0.1) is 6.04 Å². The molecule has 3 heterocycles. The van der Waals surface area contributed by atoms with E-state index >= 15 is 0 Å². The zero-order valence-electron chi connectivity index (χ0n) is 13.7. The molecule has 1 saturated heterocycles. The molecule has 2 atom stereocenters. The van der Waals surface area contributed by atoms with E-state index in [-0.39, 0.29) is 18.2 Å². The lowest BCUT2D eigenvalue weighted by Gasteiger charge is -2.33. The van der Waals surface area contributed by atoms with Gasteiger partial charge in [0.1, 0.15) is 17.6 Å². The molecule has 4 nitrogen and oxygen atoms in total. The van der Waals surface area contributed by atoms with Crippen molar-refractivity contribution in [3.63, 3.8) is 0 Å². The third-order valence-electron chi connectivity index (χ3n) is 4.84. The highest BCUT2D eigenvalue weighted by Crippen LogP contribution is 2.40. The van der Waals surface area contributed by atoms with Gasteiger partial charge in [-0.2, -0.15) is 5.26 Å². The van der Waals surface area contributed by atoms with Crippen LogP contribution >= 0.6 is 11.3 Å². The van der Waals surface area contributed by atoms with Crippen LogP contribution in [0.25, 0.3) is 5.57 Å². The minimum Gasteiger partial charge on any atom is -0.445 e. The number of carbonyl (C=O) groups excluding carboxylic acids is 1. The van der Waals surface area contributed by atoms with Crippen molar-refractivity contribution in [1.29, 1.82) is 5.26 Å². The highest BCUT2D eigenvalue weighted by molar-refractivity contribution is 7.13. The molecule has 0 spiro atoms. The number of benzene rings is 1. The summed E-state index contributed by atoms with van der Waals surface area (Å²) in [7, 11) is 0. The van der Waals surface area contributed by atoms with Crippen molar-refractivity contribution in [2.24, 2.45) is 0 Å². The predicted molar refractivity (Wildman–Crippen MR) is 96.9 cm³/mol. The largest absolute Gasteiger partial charge is 0.445 e. The Morgan fingerprint density at radius 2 is 2.08 bits per heavy atom. The highest BCUT2D eigenvalue weighted by Gasteiger charge is 2.40. The Hall–Kier alpha value is -2.58. The topological polar surface area (TPSA) is 53.3 Å². The molecule has 0 saturated carbocycles. The van der Waals surface area contributed by atoms with E-state index in [4.69, 9.17) is 10.00 Å². The van der Waals surface area contributed by atoms with Gasteiger partial charge < -0.3 is 4.74 Å². The third kappa shape index (κ3) is 3.18. The van der Waals surface area contributed by atoms with E-state index in [9.17, 15) is 4.79 Å². The van der Waals surface area contributed by atoms with Gasteiger partial charge in [0.15, 0.2) is 0 Å². The smallest absolute Gasteiger partial charge is 0.410 e. The first-order chi connectivity index (χ1) is 12.2. The number of thiophene rings is 1. The fourth-order valence-electron chi connectivity index (χ4n) is 3.66. The fraction of sp³-hybridized carbons (Fsp3) is 0.300. The molecule has 1 aromatic carbocycles. The standard InChI is InChI=1S/C20H18N2O2S/c21-12-18-8-9-19(25-18)15-10-16-6-7-17(11-15)22(16)20(23)24-13-14-4-2-1-3-5-14/h1-5,8-10,16-17H,6-7,11,13H2. The van der Waals surface area contributed by atoms with Crippen LogP contribution in [0.2, 0.25) is 0 Å². The number of hydrogen-bond donors (Lipinski definition) is 0. The quantitative estimate of drug-likeness (QED) is 0.814. The average Bonchev–Trinajstić information content (AvgIpc) is 3.23. The minimum absolute atomic E-state index is 0.102. The molecule has 0 N–H and O–H groups in total. The number of amides is 1. The summed E-state index contributed by atoms with van der Waals surface area (Å²) in [6, 6.07) is 16.1. The van der Waals surface area contributed by atoms with E-state index in [1.807, 2.05) is 47.4 Å². The van der Waals surface area contributed by atoms with Crippen LogP contribution in [-0.4, -0.2) is 23.1 Å². The molecule has 1 amide bonds. The molecule has 2 aliphatic rings. The minimum atomic E-state index is -0.226. The predicted octanol–water partition coefficient (Wildman–Crippen LogP) is 4.58. The van der Waals surface area contributed by atoms with Crippen LogP contribution in [0, 0.1) is 11.3 Å². The van der Waals surface area contributed by atoms with Crippen LogP contribution in [0.3, 0.4) is 0 Å². The lowest BCUT2D eigenvalue weighted by molar-refractivity contribution is 0.0832. The molecule has 1 aromatic heterocycles. The summed E-state index contributed by atoms with van der Waals surface area (Å²) in [5, 5.41) is 9.01. The second-order valence-corrected chi connectivity index (χ2v) is 7.50. The molecule has 25 heavy (non-hydrogen) atoms. The molecule has 0 aliphatic carbocycles. The number of nitrogens with zero attached hydrogens (tertiary/aromatic N) is 2. The maximum Gasteiger partial charge on any atom is 0.410 e. The van der Waals surface area contributed by atoms with Gasteiger partial charge in [0.25, 0.3) is 0 Å². The maximum absolute atomic E-state index is 12.6. The first kappa shape index (κ1) is 15.9. The highest BCUT2D eigenvalue weighted by atomic mass is 32.1. The van der Waals surface area contributed by atoms with Crippen LogP contribution in [-0.2, 0) is 11.3 Å².